The average molecular weight is 175 g/mol. The molecule has 3 heteroatoms. The smallest absolute Gasteiger partial charge is 0.217 e. The number of rotatable bonds is 5. The van der Waals surface area contributed by atoms with Gasteiger partial charge in [0.25, 0.3) is 0 Å². The van der Waals surface area contributed by atoms with E-state index >= 15 is 0 Å². The summed E-state index contributed by atoms with van der Waals surface area (Å²) >= 11 is 1.89. The van der Waals surface area contributed by atoms with Gasteiger partial charge in [-0.05, 0) is 19.1 Å². The van der Waals surface area contributed by atoms with Crippen molar-refractivity contribution in [2.45, 2.75) is 33.2 Å². The van der Waals surface area contributed by atoms with E-state index in [1.165, 1.54) is 12.2 Å². The first-order valence-corrected chi connectivity index (χ1v) is 5.17. The molecule has 1 atom stereocenters. The molecule has 0 saturated heterocycles. The van der Waals surface area contributed by atoms with Crippen LogP contribution in [0.15, 0.2) is 0 Å². The van der Waals surface area contributed by atoms with Gasteiger partial charge in [0, 0.05) is 18.7 Å². The van der Waals surface area contributed by atoms with Gasteiger partial charge in [-0.1, -0.05) is 6.92 Å². The molecule has 0 rings (SSSR count). The van der Waals surface area contributed by atoms with E-state index in [0.29, 0.717) is 6.04 Å². The summed E-state index contributed by atoms with van der Waals surface area (Å²) in [5.41, 5.74) is 0. The number of amides is 1. The van der Waals surface area contributed by atoms with E-state index in [-0.39, 0.29) is 5.91 Å². The molecule has 0 aromatic heterocycles. The van der Waals surface area contributed by atoms with Crippen molar-refractivity contribution in [2.75, 3.05) is 11.5 Å². The van der Waals surface area contributed by atoms with Crippen molar-refractivity contribution >= 4 is 17.7 Å². The Kier molecular flexibility index (Phi) is 6.42. The van der Waals surface area contributed by atoms with E-state index < -0.39 is 0 Å². The lowest BCUT2D eigenvalue weighted by Crippen LogP contribution is -2.32. The zero-order valence-electron chi connectivity index (χ0n) is 7.52. The normalized spacial score (nSPS) is 12.6. The molecule has 0 spiro atoms. The lowest BCUT2D eigenvalue weighted by molar-refractivity contribution is -0.119. The van der Waals surface area contributed by atoms with Gasteiger partial charge >= 0.3 is 0 Å². The number of nitrogens with one attached hydrogen (secondary N) is 1. The molecule has 0 saturated carbocycles. The third-order valence-corrected chi connectivity index (χ3v) is 2.60. The molecule has 0 unspecified atom stereocenters. The van der Waals surface area contributed by atoms with Gasteiger partial charge in [0.2, 0.25) is 5.91 Å². The molecule has 0 fully saturated rings. The summed E-state index contributed by atoms with van der Waals surface area (Å²) in [5, 5.41) is 2.84. The summed E-state index contributed by atoms with van der Waals surface area (Å²) in [4.78, 5) is 10.6. The predicted octanol–water partition coefficient (Wildman–Crippen LogP) is 1.65. The molecule has 0 aliphatic carbocycles. The van der Waals surface area contributed by atoms with Crippen LogP contribution in [-0.4, -0.2) is 23.5 Å². The predicted molar refractivity (Wildman–Crippen MR) is 50.9 cm³/mol. The van der Waals surface area contributed by atoms with Crippen LogP contribution in [0.5, 0.6) is 0 Å². The molecule has 2 nitrogen and oxygen atoms in total. The maximum Gasteiger partial charge on any atom is 0.217 e. The number of hydrogen-bond acceptors (Lipinski definition) is 2. The van der Waals surface area contributed by atoms with Crippen LogP contribution < -0.4 is 5.32 Å². The number of hydrogen-bond donors (Lipinski definition) is 1. The minimum absolute atomic E-state index is 0.0644. The third kappa shape index (κ3) is 7.72. The highest BCUT2D eigenvalue weighted by Crippen LogP contribution is 2.03. The van der Waals surface area contributed by atoms with Gasteiger partial charge in [-0.3, -0.25) is 4.79 Å². The van der Waals surface area contributed by atoms with Gasteiger partial charge in [0.15, 0.2) is 0 Å². The minimum atomic E-state index is 0.0644. The van der Waals surface area contributed by atoms with E-state index in [1.807, 2.05) is 18.7 Å². The fraction of sp³-hybridized carbons (Fsp3) is 0.875. The maximum atomic E-state index is 10.6. The first-order valence-electron chi connectivity index (χ1n) is 4.01. The molecule has 1 amide bonds. The van der Waals surface area contributed by atoms with E-state index in [0.717, 1.165) is 5.75 Å². The second-order valence-electron chi connectivity index (χ2n) is 2.68. The Morgan fingerprint density at radius 1 is 1.64 bits per heavy atom. The summed E-state index contributed by atoms with van der Waals surface area (Å²) in [7, 11) is 0. The fourth-order valence-corrected chi connectivity index (χ4v) is 1.69. The van der Waals surface area contributed by atoms with Crippen LogP contribution in [0.1, 0.15) is 27.2 Å². The molecule has 0 radical (unpaired) electrons. The van der Waals surface area contributed by atoms with Crippen LogP contribution >= 0.6 is 11.8 Å². The number of carbonyl (C=O) groups excluding carboxylic acids is 1. The van der Waals surface area contributed by atoms with Crippen molar-refractivity contribution in [1.29, 1.82) is 0 Å². The maximum absolute atomic E-state index is 10.6. The Hall–Kier alpha value is -0.180. The summed E-state index contributed by atoms with van der Waals surface area (Å²) in [6.07, 6.45) is 1.21. The monoisotopic (exact) mass is 175 g/mol. The number of carbonyl (C=O) groups is 1. The molecular weight excluding hydrogens is 158 g/mol. The summed E-state index contributed by atoms with van der Waals surface area (Å²) < 4.78 is 0. The van der Waals surface area contributed by atoms with E-state index in [9.17, 15) is 4.79 Å². The molecule has 0 aromatic carbocycles. The van der Waals surface area contributed by atoms with Gasteiger partial charge in [0.05, 0.1) is 0 Å². The zero-order chi connectivity index (χ0) is 8.69. The van der Waals surface area contributed by atoms with Crippen molar-refractivity contribution in [1.82, 2.24) is 5.32 Å². The molecule has 11 heavy (non-hydrogen) atoms. The molecular formula is C8H17NOS. The van der Waals surface area contributed by atoms with Crippen molar-refractivity contribution in [3.05, 3.63) is 0 Å². The quantitative estimate of drug-likeness (QED) is 0.644. The van der Waals surface area contributed by atoms with Crippen LogP contribution in [0.2, 0.25) is 0 Å². The summed E-state index contributed by atoms with van der Waals surface area (Å²) in [5.74, 6) is 2.27. The Morgan fingerprint density at radius 2 is 2.27 bits per heavy atom. The molecule has 0 heterocycles. The Morgan fingerprint density at radius 3 is 2.73 bits per heavy atom. The molecule has 0 aromatic rings. The van der Waals surface area contributed by atoms with E-state index in [1.54, 1.807) is 6.92 Å². The van der Waals surface area contributed by atoms with Crippen LogP contribution in [0.25, 0.3) is 0 Å². The van der Waals surface area contributed by atoms with Gasteiger partial charge in [-0.15, -0.1) is 0 Å². The average Bonchev–Trinajstić information content (AvgIpc) is 1.86. The van der Waals surface area contributed by atoms with Crippen LogP contribution in [0, 0.1) is 0 Å². The van der Waals surface area contributed by atoms with Crippen molar-refractivity contribution in [3.8, 4) is 0 Å². The first kappa shape index (κ1) is 10.8. The lowest BCUT2D eigenvalue weighted by atomic mass is 10.4. The fourth-order valence-electron chi connectivity index (χ4n) is 0.793. The molecule has 0 aliphatic rings. The summed E-state index contributed by atoms with van der Waals surface area (Å²) in [6, 6.07) is 0.309. The SMILES string of the molecule is CCCSC[C@H](C)NC(C)=O. The second kappa shape index (κ2) is 6.53. The Labute approximate surface area is 73.1 Å². The van der Waals surface area contributed by atoms with Crippen LogP contribution in [0.4, 0.5) is 0 Å². The Balaban J connectivity index is 3.22. The molecule has 0 aliphatic heterocycles. The van der Waals surface area contributed by atoms with Gasteiger partial charge in [-0.2, -0.15) is 11.8 Å². The lowest BCUT2D eigenvalue weighted by Gasteiger charge is -2.10. The van der Waals surface area contributed by atoms with E-state index in [4.69, 9.17) is 0 Å². The highest BCUT2D eigenvalue weighted by molar-refractivity contribution is 7.99. The van der Waals surface area contributed by atoms with Gasteiger partial charge in [0.1, 0.15) is 0 Å². The highest BCUT2D eigenvalue weighted by atomic mass is 32.2. The molecule has 66 valence electrons. The largest absolute Gasteiger partial charge is 0.353 e. The second-order valence-corrected chi connectivity index (χ2v) is 3.83. The minimum Gasteiger partial charge on any atom is -0.353 e. The highest BCUT2D eigenvalue weighted by Gasteiger charge is 2.01. The van der Waals surface area contributed by atoms with Crippen LogP contribution in [-0.2, 0) is 4.79 Å². The first-order chi connectivity index (χ1) is 5.16. The van der Waals surface area contributed by atoms with Gasteiger partial charge in [-0.25, -0.2) is 0 Å². The molecule has 0 bridgehead atoms. The third-order valence-electron chi connectivity index (χ3n) is 1.17. The Bertz CT molecular complexity index is 117. The van der Waals surface area contributed by atoms with Crippen molar-refractivity contribution in [3.63, 3.8) is 0 Å². The van der Waals surface area contributed by atoms with Gasteiger partial charge < -0.3 is 5.32 Å². The number of thioether (sulfide) groups is 1. The zero-order valence-corrected chi connectivity index (χ0v) is 8.33. The molecule has 1 N–H and O–H groups in total. The topological polar surface area (TPSA) is 29.1 Å². The van der Waals surface area contributed by atoms with E-state index in [2.05, 4.69) is 12.2 Å². The van der Waals surface area contributed by atoms with Crippen molar-refractivity contribution in [2.24, 2.45) is 0 Å². The van der Waals surface area contributed by atoms with Crippen molar-refractivity contribution < 1.29 is 4.79 Å². The summed E-state index contributed by atoms with van der Waals surface area (Å²) in [6.45, 7) is 5.75. The standard InChI is InChI=1S/C8H17NOS/c1-4-5-11-6-7(2)9-8(3)10/h7H,4-6H2,1-3H3,(H,9,10)/t7-/m0/s1. The van der Waals surface area contributed by atoms with Crippen LogP contribution in [0.3, 0.4) is 0 Å².